The summed E-state index contributed by atoms with van der Waals surface area (Å²) in [5.41, 5.74) is 7.32. The lowest BCUT2D eigenvalue weighted by Crippen LogP contribution is -2.33. The fraction of sp³-hybridized carbons (Fsp3) is 0.462. The van der Waals surface area contributed by atoms with Crippen LogP contribution in [0.25, 0.3) is 0 Å². The number of nitrogens with zero attached hydrogens (tertiary/aromatic N) is 1. The molecule has 2 rings (SSSR count). The maximum absolute atomic E-state index is 11.9. The van der Waals surface area contributed by atoms with E-state index in [9.17, 15) is 9.90 Å². The average molecular weight is 250 g/mol. The molecular weight excluding hydrogens is 232 g/mol. The number of phenolic OH excluding ortho intramolecular Hbond substituents is 1. The molecule has 0 bridgehead atoms. The molecule has 1 aliphatic rings. The van der Waals surface area contributed by atoms with E-state index in [1.165, 1.54) is 0 Å². The first-order valence-electron chi connectivity index (χ1n) is 5.84. The zero-order valence-electron chi connectivity index (χ0n) is 10.9. The molecule has 0 saturated heterocycles. The van der Waals surface area contributed by atoms with E-state index in [2.05, 4.69) is 0 Å². The Morgan fingerprint density at radius 3 is 2.44 bits per heavy atom. The Morgan fingerprint density at radius 1 is 1.33 bits per heavy atom. The van der Waals surface area contributed by atoms with Gasteiger partial charge in [0.15, 0.2) is 0 Å². The number of ether oxygens (including phenoxy) is 1. The number of hydrogen-bond donors (Lipinski definition) is 2. The Kier molecular flexibility index (Phi) is 2.84. The summed E-state index contributed by atoms with van der Waals surface area (Å²) in [4.78, 5) is 13.5. The lowest BCUT2D eigenvalue weighted by atomic mass is 10.1. The van der Waals surface area contributed by atoms with Gasteiger partial charge in [0.2, 0.25) is 0 Å². The molecule has 0 aromatic heterocycles. The van der Waals surface area contributed by atoms with Gasteiger partial charge in [0.1, 0.15) is 11.4 Å². The van der Waals surface area contributed by atoms with Crippen LogP contribution in [0.15, 0.2) is 12.1 Å². The van der Waals surface area contributed by atoms with Crippen LogP contribution < -0.4 is 5.73 Å². The van der Waals surface area contributed by atoms with Crippen LogP contribution in [0.1, 0.15) is 31.9 Å². The molecule has 18 heavy (non-hydrogen) atoms. The second kappa shape index (κ2) is 4.08. The summed E-state index contributed by atoms with van der Waals surface area (Å²) >= 11 is 0. The van der Waals surface area contributed by atoms with Crippen molar-refractivity contribution in [3.8, 4) is 5.75 Å². The largest absolute Gasteiger partial charge is 0.506 e. The Hall–Kier alpha value is -1.91. The topological polar surface area (TPSA) is 75.8 Å². The summed E-state index contributed by atoms with van der Waals surface area (Å²) in [5, 5.41) is 9.54. The summed E-state index contributed by atoms with van der Waals surface area (Å²) in [6, 6.07) is 3.31. The predicted octanol–water partition coefficient (Wildman–Crippen LogP) is 2.23. The lowest BCUT2D eigenvalue weighted by Gasteiger charge is -2.24. The molecule has 0 atom stereocenters. The first kappa shape index (κ1) is 12.5. The Bertz CT molecular complexity index is 461. The predicted molar refractivity (Wildman–Crippen MR) is 68.0 cm³/mol. The normalized spacial score (nSPS) is 14.5. The third-order valence-corrected chi connectivity index (χ3v) is 2.72. The summed E-state index contributed by atoms with van der Waals surface area (Å²) in [6.07, 6.45) is -0.350. The number of fused-ring (bicyclic) bond motifs is 1. The minimum Gasteiger partial charge on any atom is -0.506 e. The van der Waals surface area contributed by atoms with Gasteiger partial charge >= 0.3 is 6.09 Å². The van der Waals surface area contributed by atoms with Crippen molar-refractivity contribution in [1.82, 2.24) is 4.90 Å². The van der Waals surface area contributed by atoms with Gasteiger partial charge in [-0.2, -0.15) is 0 Å². The fourth-order valence-electron chi connectivity index (χ4n) is 1.91. The molecule has 0 aliphatic carbocycles. The Balaban J connectivity index is 2.13. The maximum Gasteiger partial charge on any atom is 0.410 e. The molecule has 0 spiro atoms. The monoisotopic (exact) mass is 250 g/mol. The second-order valence-electron chi connectivity index (χ2n) is 5.52. The van der Waals surface area contributed by atoms with E-state index >= 15 is 0 Å². The van der Waals surface area contributed by atoms with E-state index < -0.39 is 5.60 Å². The highest BCUT2D eigenvalue weighted by molar-refractivity contribution is 5.70. The van der Waals surface area contributed by atoms with Crippen molar-refractivity contribution in [3.63, 3.8) is 0 Å². The van der Waals surface area contributed by atoms with Crippen LogP contribution in [-0.4, -0.2) is 21.7 Å². The Labute approximate surface area is 106 Å². The summed E-state index contributed by atoms with van der Waals surface area (Å²) in [6.45, 7) is 6.40. The van der Waals surface area contributed by atoms with Crippen LogP contribution in [-0.2, 0) is 17.8 Å². The van der Waals surface area contributed by atoms with E-state index in [0.29, 0.717) is 18.8 Å². The molecule has 0 fully saturated rings. The van der Waals surface area contributed by atoms with Crippen LogP contribution in [0.2, 0.25) is 0 Å². The molecule has 1 amide bonds. The SMILES string of the molecule is CC(C)(C)OC(=O)N1Cc2cc(N)c(O)cc2C1. The van der Waals surface area contributed by atoms with Gasteiger partial charge < -0.3 is 15.6 Å². The van der Waals surface area contributed by atoms with Crippen molar-refractivity contribution in [1.29, 1.82) is 0 Å². The average Bonchev–Trinajstić information content (AvgIpc) is 2.59. The smallest absolute Gasteiger partial charge is 0.410 e. The molecular formula is C13H18N2O3. The van der Waals surface area contributed by atoms with Crippen molar-refractivity contribution in [3.05, 3.63) is 23.3 Å². The number of rotatable bonds is 0. The molecule has 5 nitrogen and oxygen atoms in total. The summed E-state index contributed by atoms with van der Waals surface area (Å²) in [7, 11) is 0. The molecule has 0 radical (unpaired) electrons. The summed E-state index contributed by atoms with van der Waals surface area (Å²) < 4.78 is 5.31. The van der Waals surface area contributed by atoms with E-state index in [0.717, 1.165) is 11.1 Å². The molecule has 0 unspecified atom stereocenters. The van der Waals surface area contributed by atoms with Crippen molar-refractivity contribution in [2.24, 2.45) is 0 Å². The minimum atomic E-state index is -0.507. The van der Waals surface area contributed by atoms with Gasteiger partial charge in [-0.1, -0.05) is 0 Å². The quantitative estimate of drug-likeness (QED) is 0.547. The number of anilines is 1. The van der Waals surface area contributed by atoms with Gasteiger partial charge in [0.25, 0.3) is 0 Å². The number of phenols is 1. The van der Waals surface area contributed by atoms with Gasteiger partial charge in [0, 0.05) is 13.1 Å². The van der Waals surface area contributed by atoms with Crippen molar-refractivity contribution >= 4 is 11.8 Å². The van der Waals surface area contributed by atoms with Crippen LogP contribution in [0.4, 0.5) is 10.5 Å². The standard InChI is InChI=1S/C13H18N2O3/c1-13(2,3)18-12(17)15-6-8-4-10(14)11(16)5-9(8)7-15/h4-5,16H,6-7,14H2,1-3H3. The van der Waals surface area contributed by atoms with Crippen LogP contribution in [0.5, 0.6) is 5.75 Å². The highest BCUT2D eigenvalue weighted by atomic mass is 16.6. The number of aromatic hydroxyl groups is 1. The van der Waals surface area contributed by atoms with Crippen molar-refractivity contribution < 1.29 is 14.6 Å². The molecule has 1 aliphatic heterocycles. The molecule has 98 valence electrons. The highest BCUT2D eigenvalue weighted by Gasteiger charge is 2.28. The number of carbonyl (C=O) groups is 1. The fourth-order valence-corrected chi connectivity index (χ4v) is 1.91. The van der Waals surface area contributed by atoms with Crippen molar-refractivity contribution in [2.75, 3.05) is 5.73 Å². The van der Waals surface area contributed by atoms with Gasteiger partial charge in [-0.05, 0) is 44.0 Å². The third-order valence-electron chi connectivity index (χ3n) is 2.72. The van der Waals surface area contributed by atoms with Gasteiger partial charge in [-0.25, -0.2) is 4.79 Å². The molecule has 3 N–H and O–H groups in total. The molecule has 1 aromatic rings. The zero-order valence-corrected chi connectivity index (χ0v) is 10.9. The molecule has 1 aromatic carbocycles. The number of hydrogen-bond acceptors (Lipinski definition) is 4. The zero-order chi connectivity index (χ0) is 13.5. The van der Waals surface area contributed by atoms with E-state index in [-0.39, 0.29) is 11.8 Å². The first-order valence-corrected chi connectivity index (χ1v) is 5.84. The lowest BCUT2D eigenvalue weighted by molar-refractivity contribution is 0.0242. The highest BCUT2D eigenvalue weighted by Crippen LogP contribution is 2.31. The number of amides is 1. The second-order valence-corrected chi connectivity index (χ2v) is 5.52. The van der Waals surface area contributed by atoms with E-state index in [1.807, 2.05) is 20.8 Å². The molecule has 1 heterocycles. The number of carbonyl (C=O) groups excluding carboxylic acids is 1. The van der Waals surface area contributed by atoms with E-state index in [1.54, 1.807) is 17.0 Å². The van der Waals surface area contributed by atoms with Gasteiger partial charge in [-0.15, -0.1) is 0 Å². The minimum absolute atomic E-state index is 0.0554. The van der Waals surface area contributed by atoms with Crippen LogP contribution in [0.3, 0.4) is 0 Å². The third kappa shape index (κ3) is 2.50. The van der Waals surface area contributed by atoms with E-state index in [4.69, 9.17) is 10.5 Å². The first-order chi connectivity index (χ1) is 8.26. The Morgan fingerprint density at radius 2 is 1.89 bits per heavy atom. The molecule has 0 saturated carbocycles. The maximum atomic E-state index is 11.9. The van der Waals surface area contributed by atoms with Crippen LogP contribution in [0, 0.1) is 0 Å². The van der Waals surface area contributed by atoms with Crippen LogP contribution >= 0.6 is 0 Å². The molecule has 5 heteroatoms. The van der Waals surface area contributed by atoms with Gasteiger partial charge in [0.05, 0.1) is 5.69 Å². The number of benzene rings is 1. The van der Waals surface area contributed by atoms with Crippen molar-refractivity contribution in [2.45, 2.75) is 39.5 Å². The summed E-state index contributed by atoms with van der Waals surface area (Å²) in [5.74, 6) is 0.0554. The number of nitrogen functional groups attached to an aromatic ring is 1. The number of nitrogens with two attached hydrogens (primary N) is 1. The van der Waals surface area contributed by atoms with Gasteiger partial charge in [-0.3, -0.25) is 4.90 Å².